The molecule has 21 heavy (non-hydrogen) atoms. The summed E-state index contributed by atoms with van der Waals surface area (Å²) in [7, 11) is 0. The third kappa shape index (κ3) is 2.81. The molecule has 106 valence electrons. The van der Waals surface area contributed by atoms with Gasteiger partial charge < -0.3 is 4.42 Å². The maximum Gasteiger partial charge on any atom is 0.249 e. The van der Waals surface area contributed by atoms with E-state index in [2.05, 4.69) is 34.2 Å². The van der Waals surface area contributed by atoms with Gasteiger partial charge >= 0.3 is 0 Å². The van der Waals surface area contributed by atoms with E-state index < -0.39 is 0 Å². The average Bonchev–Trinajstić information content (AvgIpc) is 2.99. The average molecular weight is 300 g/mol. The summed E-state index contributed by atoms with van der Waals surface area (Å²) in [5.74, 6) is 1.12. The van der Waals surface area contributed by atoms with Crippen LogP contribution in [0, 0.1) is 0 Å². The zero-order valence-corrected chi connectivity index (χ0v) is 12.3. The van der Waals surface area contributed by atoms with Gasteiger partial charge in [0, 0.05) is 12.4 Å². The summed E-state index contributed by atoms with van der Waals surface area (Å²) in [4.78, 5) is 3.95. The van der Waals surface area contributed by atoms with Crippen LogP contribution in [0.25, 0.3) is 11.5 Å². The number of pyridine rings is 1. The van der Waals surface area contributed by atoms with E-state index in [9.17, 15) is 0 Å². The molecule has 0 aliphatic carbocycles. The molecule has 0 aliphatic rings. The highest BCUT2D eigenvalue weighted by molar-refractivity contribution is 6.32. The second kappa shape index (κ2) is 6.06. The fourth-order valence-corrected chi connectivity index (χ4v) is 2.47. The molecule has 2 heterocycles. The van der Waals surface area contributed by atoms with Crippen molar-refractivity contribution < 1.29 is 4.42 Å². The van der Waals surface area contributed by atoms with Gasteiger partial charge in [-0.2, -0.15) is 0 Å². The molecule has 1 atom stereocenters. The number of hydrogen-bond acceptors (Lipinski definition) is 4. The molecule has 0 fully saturated rings. The number of benzene rings is 1. The van der Waals surface area contributed by atoms with Crippen molar-refractivity contribution in [3.63, 3.8) is 0 Å². The monoisotopic (exact) mass is 299 g/mol. The SMILES string of the molecule is CCC(c1ccccc1)c1nnc(-c2ccncc2Cl)o1. The number of rotatable bonds is 4. The summed E-state index contributed by atoms with van der Waals surface area (Å²) in [5, 5.41) is 8.80. The third-order valence-electron chi connectivity index (χ3n) is 3.35. The summed E-state index contributed by atoms with van der Waals surface area (Å²) in [6.07, 6.45) is 4.10. The Kier molecular flexibility index (Phi) is 3.97. The first-order valence-corrected chi connectivity index (χ1v) is 7.15. The first-order chi connectivity index (χ1) is 10.3. The minimum Gasteiger partial charge on any atom is -0.420 e. The van der Waals surface area contributed by atoms with E-state index in [-0.39, 0.29) is 5.92 Å². The van der Waals surface area contributed by atoms with E-state index in [1.165, 1.54) is 0 Å². The van der Waals surface area contributed by atoms with E-state index in [1.54, 1.807) is 18.5 Å². The Hall–Kier alpha value is -2.20. The molecule has 0 spiro atoms. The zero-order chi connectivity index (χ0) is 14.7. The van der Waals surface area contributed by atoms with Crippen LogP contribution in [0.2, 0.25) is 5.02 Å². The molecule has 1 unspecified atom stereocenters. The Balaban J connectivity index is 1.96. The fraction of sp³-hybridized carbons (Fsp3) is 0.188. The van der Waals surface area contributed by atoms with Gasteiger partial charge in [-0.15, -0.1) is 10.2 Å². The highest BCUT2D eigenvalue weighted by Crippen LogP contribution is 2.31. The molecule has 2 aromatic heterocycles. The lowest BCUT2D eigenvalue weighted by Gasteiger charge is -2.10. The molecule has 0 N–H and O–H groups in total. The molecule has 5 heteroatoms. The fourth-order valence-electron chi connectivity index (χ4n) is 2.27. The van der Waals surface area contributed by atoms with Gasteiger partial charge in [0.05, 0.1) is 16.5 Å². The number of hydrogen-bond donors (Lipinski definition) is 0. The van der Waals surface area contributed by atoms with Gasteiger partial charge in [0.2, 0.25) is 11.8 Å². The topological polar surface area (TPSA) is 51.8 Å². The number of nitrogens with zero attached hydrogens (tertiary/aromatic N) is 3. The Morgan fingerprint density at radius 3 is 2.67 bits per heavy atom. The Morgan fingerprint density at radius 1 is 1.14 bits per heavy atom. The summed E-state index contributed by atoms with van der Waals surface area (Å²) >= 11 is 6.11. The van der Waals surface area contributed by atoms with Crippen LogP contribution in [0.1, 0.15) is 30.7 Å². The van der Waals surface area contributed by atoms with Crippen molar-refractivity contribution in [2.24, 2.45) is 0 Å². The Labute approximate surface area is 127 Å². The van der Waals surface area contributed by atoms with Gasteiger partial charge in [0.25, 0.3) is 0 Å². The molecular weight excluding hydrogens is 286 g/mol. The van der Waals surface area contributed by atoms with Crippen molar-refractivity contribution >= 4 is 11.6 Å². The lowest BCUT2D eigenvalue weighted by atomic mass is 9.97. The van der Waals surface area contributed by atoms with Crippen molar-refractivity contribution in [2.75, 3.05) is 0 Å². The third-order valence-corrected chi connectivity index (χ3v) is 3.65. The van der Waals surface area contributed by atoms with Crippen LogP contribution in [0.15, 0.2) is 53.2 Å². The molecule has 3 rings (SSSR count). The lowest BCUT2D eigenvalue weighted by Crippen LogP contribution is -1.99. The van der Waals surface area contributed by atoms with Crippen molar-refractivity contribution in [2.45, 2.75) is 19.3 Å². The zero-order valence-electron chi connectivity index (χ0n) is 11.5. The van der Waals surface area contributed by atoms with E-state index in [1.807, 2.05) is 18.2 Å². The Bertz CT molecular complexity index is 727. The summed E-state index contributed by atoms with van der Waals surface area (Å²) in [6.45, 7) is 2.10. The lowest BCUT2D eigenvalue weighted by molar-refractivity contribution is 0.474. The van der Waals surface area contributed by atoms with Gasteiger partial charge in [0.1, 0.15) is 0 Å². The van der Waals surface area contributed by atoms with Crippen LogP contribution in [-0.2, 0) is 0 Å². The summed E-state index contributed by atoms with van der Waals surface area (Å²) in [5.41, 5.74) is 1.87. The minimum atomic E-state index is 0.0908. The second-order valence-electron chi connectivity index (χ2n) is 4.67. The van der Waals surface area contributed by atoms with Gasteiger partial charge in [-0.1, -0.05) is 48.9 Å². The van der Waals surface area contributed by atoms with Crippen LogP contribution in [0.3, 0.4) is 0 Å². The van der Waals surface area contributed by atoms with Gasteiger partial charge in [-0.05, 0) is 18.1 Å². The van der Waals surface area contributed by atoms with Gasteiger partial charge in [-0.3, -0.25) is 4.98 Å². The van der Waals surface area contributed by atoms with Crippen LogP contribution < -0.4 is 0 Å². The maximum absolute atomic E-state index is 6.11. The molecule has 1 aromatic carbocycles. The molecular formula is C16H14ClN3O. The molecule has 0 bridgehead atoms. The molecule has 0 saturated heterocycles. The predicted molar refractivity (Wildman–Crippen MR) is 81.1 cm³/mol. The predicted octanol–water partition coefficient (Wildman–Crippen LogP) is 4.33. The van der Waals surface area contributed by atoms with Gasteiger partial charge in [-0.25, -0.2) is 0 Å². The van der Waals surface area contributed by atoms with E-state index in [0.29, 0.717) is 22.4 Å². The first-order valence-electron chi connectivity index (χ1n) is 6.77. The standard InChI is InChI=1S/C16H14ClN3O/c1-2-12(11-6-4-3-5-7-11)15-19-20-16(21-15)13-8-9-18-10-14(13)17/h3-10,12H,2H2,1H3. The quantitative estimate of drug-likeness (QED) is 0.719. The molecule has 3 aromatic rings. The van der Waals surface area contributed by atoms with Crippen LogP contribution >= 0.6 is 11.6 Å². The largest absolute Gasteiger partial charge is 0.420 e. The van der Waals surface area contributed by atoms with Crippen LogP contribution in [0.4, 0.5) is 0 Å². The highest BCUT2D eigenvalue weighted by atomic mass is 35.5. The summed E-state index contributed by atoms with van der Waals surface area (Å²) in [6, 6.07) is 11.9. The normalized spacial score (nSPS) is 12.3. The van der Waals surface area contributed by atoms with E-state index in [0.717, 1.165) is 12.0 Å². The van der Waals surface area contributed by atoms with Crippen molar-refractivity contribution in [3.8, 4) is 11.5 Å². The highest BCUT2D eigenvalue weighted by Gasteiger charge is 2.20. The molecule has 0 radical (unpaired) electrons. The molecule has 4 nitrogen and oxygen atoms in total. The number of aromatic nitrogens is 3. The minimum absolute atomic E-state index is 0.0908. The second-order valence-corrected chi connectivity index (χ2v) is 5.08. The van der Waals surface area contributed by atoms with Crippen molar-refractivity contribution in [3.05, 3.63) is 65.3 Å². The van der Waals surface area contributed by atoms with Crippen molar-refractivity contribution in [1.82, 2.24) is 15.2 Å². The van der Waals surface area contributed by atoms with Crippen LogP contribution in [-0.4, -0.2) is 15.2 Å². The molecule has 0 amide bonds. The molecule has 0 saturated carbocycles. The van der Waals surface area contributed by atoms with E-state index >= 15 is 0 Å². The van der Waals surface area contributed by atoms with Crippen molar-refractivity contribution in [1.29, 1.82) is 0 Å². The summed E-state index contributed by atoms with van der Waals surface area (Å²) < 4.78 is 5.82. The first kappa shape index (κ1) is 13.8. The Morgan fingerprint density at radius 2 is 1.95 bits per heavy atom. The number of halogens is 1. The maximum atomic E-state index is 6.11. The van der Waals surface area contributed by atoms with Gasteiger partial charge in [0.15, 0.2) is 0 Å². The van der Waals surface area contributed by atoms with Crippen LogP contribution in [0.5, 0.6) is 0 Å². The smallest absolute Gasteiger partial charge is 0.249 e. The van der Waals surface area contributed by atoms with E-state index in [4.69, 9.17) is 16.0 Å². The molecule has 0 aliphatic heterocycles.